The van der Waals surface area contributed by atoms with E-state index in [0.29, 0.717) is 12.2 Å². The minimum Gasteiger partial charge on any atom is -0.452 e. The number of aromatic nitrogens is 2. The van der Waals surface area contributed by atoms with E-state index in [4.69, 9.17) is 16.3 Å². The fraction of sp³-hybridized carbons (Fsp3) is 0.200. The molecule has 1 N–H and O–H groups in total. The molecule has 1 aromatic carbocycles. The highest BCUT2D eigenvalue weighted by molar-refractivity contribution is 6.31. The average molecular weight is 418 g/mol. The van der Waals surface area contributed by atoms with Crippen LogP contribution in [0.4, 0.5) is 10.1 Å². The lowest BCUT2D eigenvalue weighted by atomic mass is 10.2. The van der Waals surface area contributed by atoms with Crippen molar-refractivity contribution in [3.63, 3.8) is 0 Å². The third-order valence-corrected chi connectivity index (χ3v) is 4.45. The van der Waals surface area contributed by atoms with Crippen LogP contribution in [0.5, 0.6) is 0 Å². The molecule has 0 aliphatic rings. The Labute approximate surface area is 170 Å². The lowest BCUT2D eigenvalue weighted by molar-refractivity contribution is -0.119. The van der Waals surface area contributed by atoms with Crippen molar-refractivity contribution >= 4 is 40.2 Å². The first-order valence-corrected chi connectivity index (χ1v) is 9.10. The molecule has 0 saturated heterocycles. The van der Waals surface area contributed by atoms with Crippen LogP contribution in [0.3, 0.4) is 0 Å². The van der Waals surface area contributed by atoms with Crippen LogP contribution in [0, 0.1) is 12.7 Å². The number of nitrogens with one attached hydrogen (secondary N) is 1. The number of ether oxygens (including phenoxy) is 1. The van der Waals surface area contributed by atoms with Gasteiger partial charge in [-0.2, -0.15) is 0 Å². The zero-order valence-corrected chi connectivity index (χ0v) is 16.4. The number of hydrogen-bond donors (Lipinski definition) is 1. The van der Waals surface area contributed by atoms with Gasteiger partial charge in [-0.05, 0) is 44.2 Å². The lowest BCUT2D eigenvalue weighted by Crippen LogP contribution is -2.25. The number of hydrogen-bond acceptors (Lipinski definition) is 5. The van der Waals surface area contributed by atoms with Crippen LogP contribution in [-0.2, 0) is 16.1 Å². The van der Waals surface area contributed by atoms with E-state index < -0.39 is 29.7 Å². The molecule has 2 aromatic heterocycles. The lowest BCUT2D eigenvalue weighted by Gasteiger charge is -2.11. The predicted molar refractivity (Wildman–Crippen MR) is 107 cm³/mol. The van der Waals surface area contributed by atoms with Crippen molar-refractivity contribution in [3.8, 4) is 0 Å². The molecule has 150 valence electrons. The first-order valence-electron chi connectivity index (χ1n) is 8.73. The Morgan fingerprint density at radius 1 is 1.28 bits per heavy atom. The Balaban J connectivity index is 1.76. The summed E-state index contributed by atoms with van der Waals surface area (Å²) in [6.07, 6.45) is 1.37. The van der Waals surface area contributed by atoms with Crippen LogP contribution in [0.25, 0.3) is 11.0 Å². The van der Waals surface area contributed by atoms with Gasteiger partial charge < -0.3 is 14.6 Å². The second-order valence-corrected chi connectivity index (χ2v) is 6.64. The summed E-state index contributed by atoms with van der Waals surface area (Å²) < 4.78 is 19.8. The molecule has 0 fully saturated rings. The number of carbonyl (C=O) groups excluding carboxylic acids is 2. The first-order chi connectivity index (χ1) is 13.8. The van der Waals surface area contributed by atoms with Crippen molar-refractivity contribution < 1.29 is 18.7 Å². The topological polar surface area (TPSA) is 90.3 Å². The number of rotatable bonds is 5. The number of carbonyl (C=O) groups is 2. The molecule has 7 nitrogen and oxygen atoms in total. The second kappa shape index (κ2) is 8.40. The molecule has 0 bridgehead atoms. The van der Waals surface area contributed by atoms with Crippen LogP contribution in [0.1, 0.15) is 23.0 Å². The summed E-state index contributed by atoms with van der Waals surface area (Å²) in [5.74, 6) is -2.20. The smallest absolute Gasteiger partial charge is 0.344 e. The summed E-state index contributed by atoms with van der Waals surface area (Å²) in [5.41, 5.74) is 0.750. The van der Waals surface area contributed by atoms with Crippen LogP contribution in [0.2, 0.25) is 5.02 Å². The molecule has 9 heteroatoms. The van der Waals surface area contributed by atoms with Gasteiger partial charge in [0.15, 0.2) is 6.61 Å². The highest BCUT2D eigenvalue weighted by atomic mass is 35.5. The molecule has 0 aliphatic heterocycles. The number of fused-ring (bicyclic) bond motifs is 1. The van der Waals surface area contributed by atoms with E-state index in [0.717, 1.165) is 11.8 Å². The van der Waals surface area contributed by atoms with E-state index in [-0.39, 0.29) is 21.7 Å². The molecule has 0 radical (unpaired) electrons. The van der Waals surface area contributed by atoms with E-state index in [2.05, 4.69) is 10.3 Å². The molecule has 29 heavy (non-hydrogen) atoms. The first kappa shape index (κ1) is 20.5. The van der Waals surface area contributed by atoms with Crippen molar-refractivity contribution in [3.05, 3.63) is 68.8 Å². The van der Waals surface area contributed by atoms with Gasteiger partial charge in [-0.15, -0.1) is 0 Å². The van der Waals surface area contributed by atoms with Gasteiger partial charge in [0, 0.05) is 24.1 Å². The highest BCUT2D eigenvalue weighted by Gasteiger charge is 2.18. The van der Waals surface area contributed by atoms with Crippen molar-refractivity contribution in [1.82, 2.24) is 9.55 Å². The maximum atomic E-state index is 13.2. The van der Waals surface area contributed by atoms with Crippen molar-refractivity contribution in [2.75, 3.05) is 11.9 Å². The molecule has 3 rings (SSSR count). The summed E-state index contributed by atoms with van der Waals surface area (Å²) in [6, 6.07) is 6.93. The van der Waals surface area contributed by atoms with E-state index in [9.17, 15) is 18.8 Å². The molecular weight excluding hydrogens is 401 g/mol. The molecule has 0 saturated carbocycles. The van der Waals surface area contributed by atoms with E-state index in [1.165, 1.54) is 18.3 Å². The van der Waals surface area contributed by atoms with Crippen LogP contribution >= 0.6 is 11.6 Å². The summed E-state index contributed by atoms with van der Waals surface area (Å²) in [7, 11) is 0. The number of anilines is 1. The third-order valence-electron chi connectivity index (χ3n) is 4.16. The number of halogens is 2. The average Bonchev–Trinajstić information content (AvgIpc) is 2.69. The normalized spacial score (nSPS) is 10.8. The summed E-state index contributed by atoms with van der Waals surface area (Å²) in [6.45, 7) is 3.52. The molecular formula is C20H17ClFN3O4. The van der Waals surface area contributed by atoms with Gasteiger partial charge in [-0.3, -0.25) is 9.59 Å². The third kappa shape index (κ3) is 4.43. The van der Waals surface area contributed by atoms with Gasteiger partial charge in [0.1, 0.15) is 17.0 Å². The zero-order chi connectivity index (χ0) is 21.1. The van der Waals surface area contributed by atoms with Crippen molar-refractivity contribution in [1.29, 1.82) is 0 Å². The molecule has 0 aliphatic carbocycles. The summed E-state index contributed by atoms with van der Waals surface area (Å²) in [5, 5.41) is 2.57. The number of esters is 1. The Hall–Kier alpha value is -3.26. The number of nitrogens with zero attached hydrogens (tertiary/aromatic N) is 2. The predicted octanol–water partition coefficient (Wildman–Crippen LogP) is 3.31. The minimum absolute atomic E-state index is 0.153. The van der Waals surface area contributed by atoms with Crippen LogP contribution in [0.15, 0.2) is 41.3 Å². The maximum absolute atomic E-state index is 13.2. The van der Waals surface area contributed by atoms with E-state index in [1.54, 1.807) is 23.6 Å². The minimum atomic E-state index is -0.924. The fourth-order valence-electron chi connectivity index (χ4n) is 2.73. The molecule has 0 atom stereocenters. The summed E-state index contributed by atoms with van der Waals surface area (Å²) >= 11 is 5.65. The second-order valence-electron chi connectivity index (χ2n) is 6.23. The summed E-state index contributed by atoms with van der Waals surface area (Å²) in [4.78, 5) is 41.4. The SMILES string of the molecule is CCn1cc(C(=O)OCC(=O)Nc2ccc(F)c(Cl)c2)c(=O)c2ccc(C)nc21. The van der Waals surface area contributed by atoms with Gasteiger partial charge in [-0.25, -0.2) is 14.2 Å². The van der Waals surface area contributed by atoms with Crippen LogP contribution in [-0.4, -0.2) is 28.0 Å². The van der Waals surface area contributed by atoms with Crippen LogP contribution < -0.4 is 10.7 Å². The Bertz CT molecular complexity index is 1180. The van der Waals surface area contributed by atoms with Gasteiger partial charge in [-0.1, -0.05) is 11.6 Å². The molecule has 2 heterocycles. The number of benzene rings is 1. The number of pyridine rings is 2. The zero-order valence-electron chi connectivity index (χ0n) is 15.7. The van der Waals surface area contributed by atoms with Gasteiger partial charge in [0.2, 0.25) is 5.43 Å². The quantitative estimate of drug-likeness (QED) is 0.643. The van der Waals surface area contributed by atoms with E-state index in [1.807, 2.05) is 6.92 Å². The molecule has 3 aromatic rings. The van der Waals surface area contributed by atoms with Gasteiger partial charge in [0.25, 0.3) is 5.91 Å². The number of aryl methyl sites for hydroxylation is 2. The standard InChI is InChI=1S/C20H17ClFN3O4/c1-3-25-9-14(18(27)13-6-4-11(2)23-19(13)25)20(28)29-10-17(26)24-12-5-7-16(22)15(21)8-12/h4-9H,3,10H2,1-2H3,(H,24,26). The number of amides is 1. The Morgan fingerprint density at radius 3 is 2.72 bits per heavy atom. The monoisotopic (exact) mass is 417 g/mol. The molecule has 0 spiro atoms. The van der Waals surface area contributed by atoms with Crippen molar-refractivity contribution in [2.24, 2.45) is 0 Å². The van der Waals surface area contributed by atoms with Crippen molar-refractivity contribution in [2.45, 2.75) is 20.4 Å². The largest absolute Gasteiger partial charge is 0.452 e. The fourth-order valence-corrected chi connectivity index (χ4v) is 2.91. The Kier molecular flexibility index (Phi) is 5.93. The maximum Gasteiger partial charge on any atom is 0.344 e. The van der Waals surface area contributed by atoms with E-state index >= 15 is 0 Å². The highest BCUT2D eigenvalue weighted by Crippen LogP contribution is 2.19. The Morgan fingerprint density at radius 2 is 2.03 bits per heavy atom. The van der Waals surface area contributed by atoms with Gasteiger partial charge >= 0.3 is 5.97 Å². The molecule has 0 unspecified atom stereocenters. The molecule has 1 amide bonds. The van der Waals surface area contributed by atoms with Gasteiger partial charge in [0.05, 0.1) is 10.4 Å².